The summed E-state index contributed by atoms with van der Waals surface area (Å²) in [4.78, 5) is 12.1. The summed E-state index contributed by atoms with van der Waals surface area (Å²) in [5.41, 5.74) is -1.73. The van der Waals surface area contributed by atoms with Crippen molar-refractivity contribution in [3.8, 4) is 0 Å². The Bertz CT molecular complexity index is 722. The largest absolute Gasteiger partial charge is 0.459 e. The Morgan fingerprint density at radius 2 is 1.65 bits per heavy atom. The molecule has 0 amide bonds. The van der Waals surface area contributed by atoms with Gasteiger partial charge in [0, 0.05) is 5.02 Å². The SMILES string of the molecule is Cc1c(Cl)ccc(S(=O)(=O)NC(C)(C)C(=O)OC(C)(C)C)c1Cl. The molecule has 1 N–H and O–H groups in total. The number of halogens is 2. The molecule has 1 rings (SSSR count). The number of esters is 1. The molecule has 130 valence electrons. The van der Waals surface area contributed by atoms with Gasteiger partial charge in [0.25, 0.3) is 0 Å². The molecule has 0 fully saturated rings. The van der Waals surface area contributed by atoms with Gasteiger partial charge in [0.1, 0.15) is 16.0 Å². The van der Waals surface area contributed by atoms with Crippen LogP contribution in [0.15, 0.2) is 17.0 Å². The zero-order valence-corrected chi connectivity index (χ0v) is 16.3. The highest BCUT2D eigenvalue weighted by Gasteiger charge is 2.37. The van der Waals surface area contributed by atoms with Crippen molar-refractivity contribution in [2.24, 2.45) is 0 Å². The van der Waals surface area contributed by atoms with Gasteiger partial charge in [-0.05, 0) is 59.2 Å². The van der Waals surface area contributed by atoms with Gasteiger partial charge in [-0.15, -0.1) is 0 Å². The van der Waals surface area contributed by atoms with Crippen molar-refractivity contribution in [2.45, 2.75) is 57.6 Å². The zero-order valence-electron chi connectivity index (χ0n) is 14.0. The lowest BCUT2D eigenvalue weighted by Crippen LogP contribution is -2.52. The minimum Gasteiger partial charge on any atom is -0.459 e. The van der Waals surface area contributed by atoms with Crippen molar-refractivity contribution in [1.29, 1.82) is 0 Å². The summed E-state index contributed by atoms with van der Waals surface area (Å²) in [5.74, 6) is -0.685. The fourth-order valence-electron chi connectivity index (χ4n) is 1.68. The summed E-state index contributed by atoms with van der Waals surface area (Å²) in [6.45, 7) is 9.58. The van der Waals surface area contributed by atoms with Gasteiger partial charge in [0.2, 0.25) is 10.0 Å². The van der Waals surface area contributed by atoms with Crippen molar-refractivity contribution in [2.75, 3.05) is 0 Å². The average molecular weight is 382 g/mol. The minimum absolute atomic E-state index is 0.0185. The third kappa shape index (κ3) is 5.08. The lowest BCUT2D eigenvalue weighted by atomic mass is 10.1. The second kappa shape index (κ2) is 6.59. The van der Waals surface area contributed by atoms with E-state index in [0.717, 1.165) is 0 Å². The second-order valence-electron chi connectivity index (χ2n) is 6.72. The van der Waals surface area contributed by atoms with Crippen LogP contribution in [0.3, 0.4) is 0 Å². The normalized spacial score (nSPS) is 13.0. The van der Waals surface area contributed by atoms with E-state index in [1.807, 2.05) is 0 Å². The predicted molar refractivity (Wildman–Crippen MR) is 91.4 cm³/mol. The van der Waals surface area contributed by atoms with Gasteiger partial charge in [-0.25, -0.2) is 8.42 Å². The van der Waals surface area contributed by atoms with Gasteiger partial charge in [-0.1, -0.05) is 23.2 Å². The molecule has 0 bridgehead atoms. The van der Waals surface area contributed by atoms with Crippen LogP contribution >= 0.6 is 23.2 Å². The van der Waals surface area contributed by atoms with Crippen molar-refractivity contribution in [3.63, 3.8) is 0 Å². The molecule has 0 atom stereocenters. The minimum atomic E-state index is -4.03. The van der Waals surface area contributed by atoms with Gasteiger partial charge < -0.3 is 4.74 Å². The molecule has 0 radical (unpaired) electrons. The van der Waals surface area contributed by atoms with E-state index in [-0.39, 0.29) is 9.92 Å². The van der Waals surface area contributed by atoms with E-state index in [0.29, 0.717) is 10.6 Å². The van der Waals surface area contributed by atoms with E-state index in [1.165, 1.54) is 26.0 Å². The predicted octanol–water partition coefficient (Wildman–Crippen LogP) is 3.70. The number of carbonyl (C=O) groups is 1. The van der Waals surface area contributed by atoms with Crippen LogP contribution in [0.4, 0.5) is 0 Å². The number of ether oxygens (including phenoxy) is 1. The van der Waals surface area contributed by atoms with Crippen molar-refractivity contribution < 1.29 is 17.9 Å². The van der Waals surface area contributed by atoms with Gasteiger partial charge in [0.15, 0.2) is 0 Å². The summed E-state index contributed by atoms with van der Waals surface area (Å²) in [6.07, 6.45) is 0. The first kappa shape index (κ1) is 20.2. The Hall–Kier alpha value is -0.820. The smallest absolute Gasteiger partial charge is 0.327 e. The number of benzene rings is 1. The van der Waals surface area contributed by atoms with E-state index in [4.69, 9.17) is 27.9 Å². The number of nitrogens with one attached hydrogen (secondary N) is 1. The van der Waals surface area contributed by atoms with E-state index >= 15 is 0 Å². The standard InChI is InChI=1S/C15H21Cl2NO4S/c1-9-10(16)7-8-11(12(9)17)23(20,21)18-15(5,6)13(19)22-14(2,3)4/h7-8,18H,1-6H3. The van der Waals surface area contributed by atoms with Crippen molar-refractivity contribution in [1.82, 2.24) is 4.72 Å². The first-order valence-corrected chi connectivity index (χ1v) is 9.13. The Labute approximate surface area is 147 Å². The third-order valence-electron chi connectivity index (χ3n) is 2.87. The van der Waals surface area contributed by atoms with Gasteiger partial charge in [-0.2, -0.15) is 4.72 Å². The molecule has 0 aromatic heterocycles. The van der Waals surface area contributed by atoms with Crippen LogP contribution in [0, 0.1) is 6.92 Å². The second-order valence-corrected chi connectivity index (χ2v) is 9.15. The molecule has 1 aromatic carbocycles. The first-order valence-electron chi connectivity index (χ1n) is 6.89. The van der Waals surface area contributed by atoms with Crippen LogP contribution in [-0.2, 0) is 19.6 Å². The van der Waals surface area contributed by atoms with Gasteiger partial charge in [0.05, 0.1) is 5.02 Å². The lowest BCUT2D eigenvalue weighted by Gasteiger charge is -2.29. The van der Waals surface area contributed by atoms with Crippen LogP contribution in [0.2, 0.25) is 10.0 Å². The Balaban J connectivity index is 3.16. The molecule has 0 unspecified atom stereocenters. The van der Waals surface area contributed by atoms with E-state index in [1.54, 1.807) is 27.7 Å². The fraction of sp³-hybridized carbons (Fsp3) is 0.533. The highest BCUT2D eigenvalue weighted by atomic mass is 35.5. The summed E-state index contributed by atoms with van der Waals surface area (Å²) in [7, 11) is -4.03. The summed E-state index contributed by atoms with van der Waals surface area (Å²) >= 11 is 12.0. The van der Waals surface area contributed by atoms with Crippen LogP contribution in [0.1, 0.15) is 40.2 Å². The number of sulfonamides is 1. The van der Waals surface area contributed by atoms with E-state index < -0.39 is 27.1 Å². The molecule has 1 aromatic rings. The molecular formula is C15H21Cl2NO4S. The van der Waals surface area contributed by atoms with Crippen molar-refractivity contribution >= 4 is 39.2 Å². The maximum absolute atomic E-state index is 12.6. The summed E-state index contributed by atoms with van der Waals surface area (Å²) in [5, 5.41) is 0.380. The summed E-state index contributed by atoms with van der Waals surface area (Å²) in [6, 6.07) is 2.74. The van der Waals surface area contributed by atoms with E-state index in [2.05, 4.69) is 4.72 Å². The molecule has 23 heavy (non-hydrogen) atoms. The highest BCUT2D eigenvalue weighted by Crippen LogP contribution is 2.31. The first-order chi connectivity index (χ1) is 10.2. The maximum atomic E-state index is 12.6. The number of rotatable bonds is 4. The topological polar surface area (TPSA) is 72.5 Å². The number of hydrogen-bond donors (Lipinski definition) is 1. The molecule has 5 nitrogen and oxygen atoms in total. The molecule has 0 spiro atoms. The van der Waals surface area contributed by atoms with Crippen LogP contribution in [0.25, 0.3) is 0 Å². The quantitative estimate of drug-likeness (QED) is 0.806. The molecular weight excluding hydrogens is 361 g/mol. The van der Waals surface area contributed by atoms with Crippen LogP contribution in [-0.4, -0.2) is 25.5 Å². The van der Waals surface area contributed by atoms with Gasteiger partial charge >= 0.3 is 5.97 Å². The monoisotopic (exact) mass is 381 g/mol. The maximum Gasteiger partial charge on any atom is 0.327 e. The zero-order chi connectivity index (χ0) is 18.2. The molecule has 0 saturated heterocycles. The average Bonchev–Trinajstić information content (AvgIpc) is 2.32. The Kier molecular flexibility index (Phi) is 5.79. The molecule has 8 heteroatoms. The lowest BCUT2D eigenvalue weighted by molar-refractivity contribution is -0.160. The summed E-state index contributed by atoms with van der Waals surface area (Å²) < 4.78 is 32.7. The number of carbonyl (C=O) groups excluding carboxylic acids is 1. The molecule has 0 heterocycles. The number of hydrogen-bond acceptors (Lipinski definition) is 4. The fourth-order valence-corrected chi connectivity index (χ4v) is 3.86. The molecule has 0 saturated carbocycles. The van der Waals surface area contributed by atoms with Crippen molar-refractivity contribution in [3.05, 3.63) is 27.7 Å². The van der Waals surface area contributed by atoms with Crippen LogP contribution in [0.5, 0.6) is 0 Å². The molecule has 0 aliphatic rings. The molecule has 0 aliphatic heterocycles. The van der Waals surface area contributed by atoms with E-state index in [9.17, 15) is 13.2 Å². The highest BCUT2D eigenvalue weighted by molar-refractivity contribution is 7.89. The molecule has 0 aliphatic carbocycles. The Morgan fingerprint density at radius 3 is 2.13 bits per heavy atom. The van der Waals surface area contributed by atoms with Gasteiger partial charge in [-0.3, -0.25) is 4.79 Å². The van der Waals surface area contributed by atoms with Crippen LogP contribution < -0.4 is 4.72 Å². The third-order valence-corrected chi connectivity index (χ3v) is 5.58. The Morgan fingerprint density at radius 1 is 1.13 bits per heavy atom.